The van der Waals surface area contributed by atoms with Gasteiger partial charge < -0.3 is 25.0 Å². The van der Waals surface area contributed by atoms with E-state index in [0.29, 0.717) is 19.0 Å². The maximum absolute atomic E-state index is 13.5. The fraction of sp³-hybridized carbons (Fsp3) is 0.579. The maximum atomic E-state index is 13.5. The maximum Gasteiger partial charge on any atom is 0.407 e. The van der Waals surface area contributed by atoms with Gasteiger partial charge in [0, 0.05) is 26.2 Å². The van der Waals surface area contributed by atoms with Crippen LogP contribution in [0.2, 0.25) is 0 Å². The normalized spacial score (nSPS) is 17.4. The van der Waals surface area contributed by atoms with Crippen LogP contribution in [-0.4, -0.2) is 61.9 Å². The minimum atomic E-state index is -0.736. The van der Waals surface area contributed by atoms with Crippen LogP contribution in [0.25, 0.3) is 0 Å². The Morgan fingerprint density at radius 2 is 2.11 bits per heavy atom. The smallest absolute Gasteiger partial charge is 0.407 e. The molecule has 0 spiro atoms. The number of halogens is 2. The number of guanidine groups is 1. The molecule has 7 nitrogen and oxygen atoms in total. The molecular weight excluding hydrogens is 370 g/mol. The second-order valence-corrected chi connectivity index (χ2v) is 7.48. The van der Waals surface area contributed by atoms with E-state index in [2.05, 4.69) is 15.6 Å². The van der Waals surface area contributed by atoms with Gasteiger partial charge in [0.15, 0.2) is 17.5 Å². The molecule has 1 aliphatic heterocycles. The van der Waals surface area contributed by atoms with Gasteiger partial charge in [0.05, 0.1) is 12.6 Å². The lowest BCUT2D eigenvalue weighted by atomic mass is 10.2. The van der Waals surface area contributed by atoms with Crippen LogP contribution in [0.3, 0.4) is 0 Å². The van der Waals surface area contributed by atoms with Gasteiger partial charge >= 0.3 is 6.09 Å². The first kappa shape index (κ1) is 21.7. The summed E-state index contributed by atoms with van der Waals surface area (Å²) in [5, 5.41) is 6.00. The number of rotatable bonds is 5. The van der Waals surface area contributed by atoms with Crippen molar-refractivity contribution in [3.8, 4) is 5.75 Å². The Morgan fingerprint density at radius 3 is 2.75 bits per heavy atom. The number of nitrogens with zero attached hydrogens (tertiary/aromatic N) is 2. The predicted octanol–water partition coefficient (Wildman–Crippen LogP) is 2.52. The molecule has 1 aliphatic rings. The number of hydrogen-bond donors (Lipinski definition) is 2. The van der Waals surface area contributed by atoms with Crippen molar-refractivity contribution < 1.29 is 23.0 Å². The zero-order valence-corrected chi connectivity index (χ0v) is 16.7. The molecular formula is C19H28F2N4O3. The fourth-order valence-electron chi connectivity index (χ4n) is 2.79. The summed E-state index contributed by atoms with van der Waals surface area (Å²) in [4.78, 5) is 18.1. The van der Waals surface area contributed by atoms with Gasteiger partial charge in [-0.1, -0.05) is 0 Å². The molecule has 2 N–H and O–H groups in total. The minimum absolute atomic E-state index is 0.000912. The molecule has 0 bridgehead atoms. The summed E-state index contributed by atoms with van der Waals surface area (Å²) >= 11 is 0. The molecule has 1 aromatic rings. The molecule has 0 radical (unpaired) electrons. The molecule has 1 saturated heterocycles. The Bertz CT molecular complexity index is 707. The lowest BCUT2D eigenvalue weighted by Crippen LogP contribution is -2.45. The van der Waals surface area contributed by atoms with Crippen molar-refractivity contribution in [1.29, 1.82) is 0 Å². The lowest BCUT2D eigenvalue weighted by molar-refractivity contribution is 0.0507. The largest absolute Gasteiger partial charge is 0.489 e. The number of aliphatic imine (C=N–C) groups is 1. The number of likely N-dealkylation sites (tertiary alicyclic amines) is 1. The summed E-state index contributed by atoms with van der Waals surface area (Å²) in [5.74, 6) is -0.718. The highest BCUT2D eigenvalue weighted by Crippen LogP contribution is 2.17. The SMILES string of the molecule is CN=C(NCCOc1ccc(F)cc1F)N1CC[C@@H](NC(=O)OC(C)(C)C)C1. The van der Waals surface area contributed by atoms with Crippen LogP contribution in [-0.2, 0) is 4.74 Å². The van der Waals surface area contributed by atoms with Crippen LogP contribution in [0.15, 0.2) is 23.2 Å². The molecule has 0 aromatic heterocycles. The van der Waals surface area contributed by atoms with Crippen molar-refractivity contribution in [3.05, 3.63) is 29.8 Å². The van der Waals surface area contributed by atoms with Crippen molar-refractivity contribution in [3.63, 3.8) is 0 Å². The first-order valence-corrected chi connectivity index (χ1v) is 9.21. The molecule has 1 aromatic carbocycles. The molecule has 28 heavy (non-hydrogen) atoms. The van der Waals surface area contributed by atoms with Gasteiger partial charge in [-0.3, -0.25) is 4.99 Å². The first-order chi connectivity index (χ1) is 13.2. The van der Waals surface area contributed by atoms with Gasteiger partial charge in [-0.2, -0.15) is 0 Å². The average molecular weight is 398 g/mol. The van der Waals surface area contributed by atoms with Crippen LogP contribution in [0, 0.1) is 11.6 Å². The quantitative estimate of drug-likeness (QED) is 0.453. The summed E-state index contributed by atoms with van der Waals surface area (Å²) in [6.07, 6.45) is 0.342. The Labute approximate surface area is 164 Å². The Morgan fingerprint density at radius 1 is 1.36 bits per heavy atom. The second-order valence-electron chi connectivity index (χ2n) is 7.48. The predicted molar refractivity (Wildman–Crippen MR) is 103 cm³/mol. The number of carbonyl (C=O) groups excluding carboxylic acids is 1. The van der Waals surface area contributed by atoms with Crippen LogP contribution in [0.4, 0.5) is 13.6 Å². The zero-order chi connectivity index (χ0) is 20.7. The minimum Gasteiger partial charge on any atom is -0.489 e. The van der Waals surface area contributed by atoms with Crippen molar-refractivity contribution in [2.24, 2.45) is 4.99 Å². The first-order valence-electron chi connectivity index (χ1n) is 9.21. The Kier molecular flexibility index (Phi) is 7.42. The standard InChI is InChI=1S/C19H28F2N4O3/c1-19(2,3)28-18(26)24-14-7-9-25(12-14)17(22-4)23-8-10-27-16-6-5-13(20)11-15(16)21/h5-6,11,14H,7-10,12H2,1-4H3,(H,22,23)(H,24,26)/t14-/m1/s1. The molecule has 2 rings (SSSR count). The number of nitrogens with one attached hydrogen (secondary N) is 2. The lowest BCUT2D eigenvalue weighted by Gasteiger charge is -2.23. The van der Waals surface area contributed by atoms with Gasteiger partial charge in [0.1, 0.15) is 18.0 Å². The van der Waals surface area contributed by atoms with Crippen molar-refractivity contribution >= 4 is 12.1 Å². The number of alkyl carbamates (subject to hydrolysis) is 1. The molecule has 156 valence electrons. The van der Waals surface area contributed by atoms with Crippen LogP contribution < -0.4 is 15.4 Å². The molecule has 0 aliphatic carbocycles. The number of ether oxygens (including phenoxy) is 2. The Hall–Kier alpha value is -2.58. The molecule has 0 saturated carbocycles. The summed E-state index contributed by atoms with van der Waals surface area (Å²) in [6.45, 7) is 7.37. The average Bonchev–Trinajstić information content (AvgIpc) is 3.02. The number of carbonyl (C=O) groups is 1. The van der Waals surface area contributed by atoms with E-state index in [-0.39, 0.29) is 18.4 Å². The van der Waals surface area contributed by atoms with Crippen molar-refractivity contribution in [2.45, 2.75) is 38.8 Å². The van der Waals surface area contributed by atoms with Gasteiger partial charge in [-0.25, -0.2) is 13.6 Å². The summed E-state index contributed by atoms with van der Waals surface area (Å²) < 4.78 is 37.0. The van der Waals surface area contributed by atoms with E-state index >= 15 is 0 Å². The van der Waals surface area contributed by atoms with E-state index in [1.807, 2.05) is 25.7 Å². The summed E-state index contributed by atoms with van der Waals surface area (Å²) in [6, 6.07) is 3.15. The van der Waals surface area contributed by atoms with Gasteiger partial charge in [0.25, 0.3) is 0 Å². The number of hydrogen-bond acceptors (Lipinski definition) is 4. The van der Waals surface area contributed by atoms with Crippen LogP contribution in [0.1, 0.15) is 27.2 Å². The van der Waals surface area contributed by atoms with Gasteiger partial charge in [-0.15, -0.1) is 0 Å². The van der Waals surface area contributed by atoms with Crippen molar-refractivity contribution in [1.82, 2.24) is 15.5 Å². The van der Waals surface area contributed by atoms with E-state index in [9.17, 15) is 13.6 Å². The van der Waals surface area contributed by atoms with Gasteiger partial charge in [-0.05, 0) is 39.3 Å². The number of amides is 1. The highest BCUT2D eigenvalue weighted by molar-refractivity contribution is 5.80. The molecule has 1 amide bonds. The number of benzene rings is 1. The topological polar surface area (TPSA) is 75.2 Å². The Balaban J connectivity index is 1.74. The highest BCUT2D eigenvalue weighted by atomic mass is 19.1. The fourth-order valence-corrected chi connectivity index (χ4v) is 2.79. The third kappa shape index (κ3) is 6.86. The van der Waals surface area contributed by atoms with E-state index in [1.165, 1.54) is 6.07 Å². The zero-order valence-electron chi connectivity index (χ0n) is 16.7. The second kappa shape index (κ2) is 9.57. The van der Waals surface area contributed by atoms with E-state index in [4.69, 9.17) is 9.47 Å². The molecule has 9 heteroatoms. The van der Waals surface area contributed by atoms with Crippen molar-refractivity contribution in [2.75, 3.05) is 33.3 Å². The third-order valence-corrected chi connectivity index (χ3v) is 3.96. The van der Waals surface area contributed by atoms with E-state index < -0.39 is 23.3 Å². The molecule has 1 heterocycles. The van der Waals surface area contributed by atoms with Crippen LogP contribution in [0.5, 0.6) is 5.75 Å². The summed E-state index contributed by atoms with van der Waals surface area (Å²) in [7, 11) is 1.66. The van der Waals surface area contributed by atoms with E-state index in [0.717, 1.165) is 25.1 Å². The third-order valence-electron chi connectivity index (χ3n) is 3.96. The summed E-state index contributed by atoms with van der Waals surface area (Å²) in [5.41, 5.74) is -0.538. The molecule has 1 atom stereocenters. The highest BCUT2D eigenvalue weighted by Gasteiger charge is 2.27. The molecule has 1 fully saturated rings. The monoisotopic (exact) mass is 398 g/mol. The van der Waals surface area contributed by atoms with Crippen LogP contribution >= 0.6 is 0 Å². The van der Waals surface area contributed by atoms with E-state index in [1.54, 1.807) is 7.05 Å². The van der Waals surface area contributed by atoms with Gasteiger partial charge in [0.2, 0.25) is 0 Å². The molecule has 0 unspecified atom stereocenters.